The van der Waals surface area contributed by atoms with E-state index in [2.05, 4.69) is 15.3 Å². The fourth-order valence-electron chi connectivity index (χ4n) is 3.29. The summed E-state index contributed by atoms with van der Waals surface area (Å²) in [7, 11) is 0. The molecule has 0 aliphatic rings. The van der Waals surface area contributed by atoms with Crippen LogP contribution in [0.3, 0.4) is 0 Å². The second-order valence-corrected chi connectivity index (χ2v) is 7.36. The largest absolute Gasteiger partial charge is 0.490 e. The first kappa shape index (κ1) is 26.4. The molecule has 11 nitrogen and oxygen atoms in total. The van der Waals surface area contributed by atoms with Crippen molar-refractivity contribution in [1.82, 2.24) is 24.8 Å². The molecule has 0 atom stereocenters. The van der Waals surface area contributed by atoms with E-state index in [1.54, 1.807) is 6.20 Å². The summed E-state index contributed by atoms with van der Waals surface area (Å²) in [5, 5.41) is 14.8. The van der Waals surface area contributed by atoms with Gasteiger partial charge in [0.25, 0.3) is 0 Å². The summed E-state index contributed by atoms with van der Waals surface area (Å²) >= 11 is 0. The number of imidazole rings is 1. The third-order valence-corrected chi connectivity index (χ3v) is 4.92. The van der Waals surface area contributed by atoms with Crippen LogP contribution in [-0.4, -0.2) is 55.3 Å². The predicted molar refractivity (Wildman–Crippen MR) is 124 cm³/mol. The standard InChI is InChI=1S/C20H23N7O2.C2HF3O2/c1-2-27-18-14(28-11-7-6-10-21)12-23-15(13-8-4-3-5-9-13)16(18)24-20(27)17-19(22)26-29-25-17;3-2(4,5)1(6)7/h3-5,8-9,12H,2,6-7,10-11,21H2,1H3,(H2,22,26);(H,6,7). The molecule has 0 spiro atoms. The highest BCUT2D eigenvalue weighted by molar-refractivity contribution is 5.95. The Balaban J connectivity index is 0.000000454. The monoisotopic (exact) mass is 507 g/mol. The van der Waals surface area contributed by atoms with Crippen molar-refractivity contribution < 1.29 is 32.4 Å². The normalized spacial score (nSPS) is 11.2. The molecule has 0 bridgehead atoms. The number of nitrogens with two attached hydrogens (primary N) is 2. The maximum absolute atomic E-state index is 10.6. The van der Waals surface area contributed by atoms with Crippen molar-refractivity contribution in [3.63, 3.8) is 0 Å². The number of nitrogens with zero attached hydrogens (tertiary/aromatic N) is 5. The molecule has 0 unspecified atom stereocenters. The Morgan fingerprint density at radius 2 is 1.86 bits per heavy atom. The number of aromatic nitrogens is 5. The zero-order valence-corrected chi connectivity index (χ0v) is 19.2. The molecule has 4 aromatic rings. The van der Waals surface area contributed by atoms with Gasteiger partial charge < -0.3 is 25.9 Å². The molecular formula is C22H24F3N7O4. The number of hydrogen-bond acceptors (Lipinski definition) is 9. The predicted octanol–water partition coefficient (Wildman–Crippen LogP) is 3.50. The first-order valence-electron chi connectivity index (χ1n) is 10.8. The minimum atomic E-state index is -5.08. The fraction of sp³-hybridized carbons (Fsp3) is 0.318. The number of aliphatic carboxylic acids is 1. The van der Waals surface area contributed by atoms with Crippen molar-refractivity contribution in [1.29, 1.82) is 0 Å². The van der Waals surface area contributed by atoms with Crippen molar-refractivity contribution in [2.75, 3.05) is 18.9 Å². The lowest BCUT2D eigenvalue weighted by molar-refractivity contribution is -0.192. The third-order valence-electron chi connectivity index (χ3n) is 4.92. The molecule has 1 aromatic carbocycles. The number of pyridine rings is 1. The first-order valence-corrected chi connectivity index (χ1v) is 10.8. The van der Waals surface area contributed by atoms with Gasteiger partial charge in [-0.2, -0.15) is 13.2 Å². The van der Waals surface area contributed by atoms with Gasteiger partial charge in [-0.05, 0) is 36.6 Å². The maximum atomic E-state index is 10.6. The van der Waals surface area contributed by atoms with Gasteiger partial charge in [0.05, 0.1) is 18.5 Å². The van der Waals surface area contributed by atoms with E-state index in [1.165, 1.54) is 0 Å². The number of anilines is 1. The van der Waals surface area contributed by atoms with Crippen LogP contribution in [0.25, 0.3) is 33.8 Å². The van der Waals surface area contributed by atoms with Crippen LogP contribution < -0.4 is 16.2 Å². The number of halogens is 3. The molecule has 0 amide bonds. The number of carboxylic acid groups (broad SMARTS) is 1. The van der Waals surface area contributed by atoms with E-state index in [9.17, 15) is 13.2 Å². The van der Waals surface area contributed by atoms with Crippen LogP contribution >= 0.6 is 0 Å². The summed E-state index contributed by atoms with van der Waals surface area (Å²) in [6, 6.07) is 9.91. The maximum Gasteiger partial charge on any atom is 0.490 e. The molecule has 0 saturated heterocycles. The molecule has 5 N–H and O–H groups in total. The van der Waals surface area contributed by atoms with Gasteiger partial charge >= 0.3 is 12.1 Å². The molecule has 0 aliphatic heterocycles. The molecule has 0 fully saturated rings. The van der Waals surface area contributed by atoms with E-state index in [0.29, 0.717) is 42.5 Å². The van der Waals surface area contributed by atoms with Crippen molar-refractivity contribution in [3.05, 3.63) is 36.5 Å². The Kier molecular flexibility index (Phi) is 8.42. The molecule has 0 saturated carbocycles. The van der Waals surface area contributed by atoms with Crippen LogP contribution in [0.2, 0.25) is 0 Å². The van der Waals surface area contributed by atoms with E-state index in [1.807, 2.05) is 41.8 Å². The molecule has 36 heavy (non-hydrogen) atoms. The van der Waals surface area contributed by atoms with Gasteiger partial charge in [0.2, 0.25) is 0 Å². The molecule has 3 aromatic heterocycles. The number of fused-ring (bicyclic) bond motifs is 1. The molecule has 3 heterocycles. The third kappa shape index (κ3) is 5.89. The van der Waals surface area contributed by atoms with Gasteiger partial charge in [-0.25, -0.2) is 19.4 Å². The van der Waals surface area contributed by atoms with Gasteiger partial charge in [-0.3, -0.25) is 0 Å². The highest BCUT2D eigenvalue weighted by Crippen LogP contribution is 2.36. The summed E-state index contributed by atoms with van der Waals surface area (Å²) in [6.07, 6.45) is -1.57. The summed E-state index contributed by atoms with van der Waals surface area (Å²) in [4.78, 5) is 18.4. The molecule has 14 heteroatoms. The van der Waals surface area contributed by atoms with E-state index in [-0.39, 0.29) is 5.82 Å². The number of carbonyl (C=O) groups is 1. The van der Waals surface area contributed by atoms with E-state index < -0.39 is 12.1 Å². The average molecular weight is 507 g/mol. The topological polar surface area (TPSA) is 168 Å². The fourth-order valence-corrected chi connectivity index (χ4v) is 3.29. The molecule has 0 aliphatic carbocycles. The second kappa shape index (κ2) is 11.5. The van der Waals surface area contributed by atoms with Crippen molar-refractivity contribution in [2.24, 2.45) is 5.73 Å². The number of aryl methyl sites for hydroxylation is 1. The lowest BCUT2D eigenvalue weighted by Crippen LogP contribution is -2.21. The smallest absolute Gasteiger partial charge is 0.490 e. The molecule has 192 valence electrons. The average Bonchev–Trinajstić information content (AvgIpc) is 3.45. The van der Waals surface area contributed by atoms with Crippen LogP contribution in [0.15, 0.2) is 41.2 Å². The van der Waals surface area contributed by atoms with Crippen molar-refractivity contribution in [3.8, 4) is 28.5 Å². The number of hydrogen-bond donors (Lipinski definition) is 3. The first-order chi connectivity index (χ1) is 17.2. The Morgan fingerprint density at radius 3 is 2.42 bits per heavy atom. The van der Waals surface area contributed by atoms with Crippen LogP contribution in [0.1, 0.15) is 19.8 Å². The zero-order valence-electron chi connectivity index (χ0n) is 19.2. The van der Waals surface area contributed by atoms with Crippen molar-refractivity contribution in [2.45, 2.75) is 32.5 Å². The van der Waals surface area contributed by atoms with Crippen LogP contribution in [-0.2, 0) is 11.3 Å². The van der Waals surface area contributed by atoms with Gasteiger partial charge in [-0.1, -0.05) is 30.3 Å². The Bertz CT molecular complexity index is 1310. The number of unbranched alkanes of at least 4 members (excludes halogenated alkanes) is 1. The molecular weight excluding hydrogens is 483 g/mol. The SMILES string of the molecule is CCn1c(-c2nonc2N)nc2c(-c3ccccc3)ncc(OCCCCN)c21.O=C(O)C(F)(F)F. The second-order valence-electron chi connectivity index (χ2n) is 7.36. The van der Waals surface area contributed by atoms with E-state index >= 15 is 0 Å². The number of alkyl halides is 3. The van der Waals surface area contributed by atoms with Gasteiger partial charge in [0, 0.05) is 12.1 Å². The van der Waals surface area contributed by atoms with Gasteiger partial charge in [0.15, 0.2) is 23.1 Å². The lowest BCUT2D eigenvalue weighted by Gasteiger charge is -2.11. The number of rotatable bonds is 8. The molecule has 4 rings (SSSR count). The van der Waals surface area contributed by atoms with Crippen molar-refractivity contribution >= 4 is 22.8 Å². The highest BCUT2D eigenvalue weighted by atomic mass is 19.4. The lowest BCUT2D eigenvalue weighted by atomic mass is 10.1. The summed E-state index contributed by atoms with van der Waals surface area (Å²) in [6.45, 7) is 3.85. The number of benzene rings is 1. The van der Waals surface area contributed by atoms with Crippen LogP contribution in [0.4, 0.5) is 19.0 Å². The Hall–Kier alpha value is -4.20. The number of carboxylic acids is 1. The summed E-state index contributed by atoms with van der Waals surface area (Å²) in [5.74, 6) is -1.34. The van der Waals surface area contributed by atoms with Gasteiger partial charge in [-0.15, -0.1) is 0 Å². The quantitative estimate of drug-likeness (QED) is 0.300. The summed E-state index contributed by atoms with van der Waals surface area (Å²) in [5.41, 5.74) is 15.2. The minimum absolute atomic E-state index is 0.189. The van der Waals surface area contributed by atoms with Crippen LogP contribution in [0, 0.1) is 0 Å². The van der Waals surface area contributed by atoms with E-state index in [4.69, 9.17) is 35.7 Å². The number of ether oxygens (including phenoxy) is 1. The Labute approximate surface area is 202 Å². The van der Waals surface area contributed by atoms with Crippen LogP contribution in [0.5, 0.6) is 5.75 Å². The number of nitrogen functional groups attached to an aromatic ring is 1. The zero-order chi connectivity index (χ0) is 26.3. The minimum Gasteiger partial charge on any atom is -0.490 e. The van der Waals surface area contributed by atoms with Gasteiger partial charge in [0.1, 0.15) is 11.0 Å². The summed E-state index contributed by atoms with van der Waals surface area (Å²) < 4.78 is 44.6. The molecule has 0 radical (unpaired) electrons. The highest BCUT2D eigenvalue weighted by Gasteiger charge is 2.38. The van der Waals surface area contributed by atoms with E-state index in [0.717, 1.165) is 29.6 Å². The Morgan fingerprint density at radius 1 is 1.17 bits per heavy atom.